The van der Waals surface area contributed by atoms with E-state index >= 15 is 0 Å². The fourth-order valence-corrected chi connectivity index (χ4v) is 3.29. The van der Waals surface area contributed by atoms with E-state index in [4.69, 9.17) is 4.74 Å². The molecule has 2 aromatic rings. The van der Waals surface area contributed by atoms with E-state index in [1.807, 2.05) is 6.20 Å². The molecule has 4 nitrogen and oxygen atoms in total. The van der Waals surface area contributed by atoms with Crippen LogP contribution in [0.1, 0.15) is 17.5 Å². The monoisotopic (exact) mass is 283 g/mol. The van der Waals surface area contributed by atoms with E-state index in [0.29, 0.717) is 0 Å². The highest BCUT2D eigenvalue weighted by Crippen LogP contribution is 2.30. The van der Waals surface area contributed by atoms with Gasteiger partial charge in [0.05, 0.1) is 18.7 Å². The van der Waals surface area contributed by atoms with Crippen LogP contribution in [0.25, 0.3) is 10.9 Å². The first-order valence-corrected chi connectivity index (χ1v) is 7.85. The molecular formula is C17H21N3O. The highest BCUT2D eigenvalue weighted by molar-refractivity contribution is 5.93. The number of ether oxygens (including phenoxy) is 1. The Morgan fingerprint density at radius 1 is 1.24 bits per heavy atom. The van der Waals surface area contributed by atoms with Crippen molar-refractivity contribution in [2.75, 3.05) is 38.2 Å². The number of benzene rings is 1. The Morgan fingerprint density at radius 3 is 3.05 bits per heavy atom. The van der Waals surface area contributed by atoms with Gasteiger partial charge in [0, 0.05) is 43.4 Å². The van der Waals surface area contributed by atoms with Gasteiger partial charge < -0.3 is 10.1 Å². The highest BCUT2D eigenvalue weighted by Gasteiger charge is 2.14. The number of morpholine rings is 1. The molecule has 0 atom stereocenters. The zero-order valence-corrected chi connectivity index (χ0v) is 12.3. The predicted octanol–water partition coefficient (Wildman–Crippen LogP) is 2.43. The van der Waals surface area contributed by atoms with Gasteiger partial charge in [-0.1, -0.05) is 12.1 Å². The zero-order valence-electron chi connectivity index (χ0n) is 12.3. The number of fused-ring (bicyclic) bond motifs is 3. The smallest absolute Gasteiger partial charge is 0.0726 e. The van der Waals surface area contributed by atoms with Crippen molar-refractivity contribution in [3.63, 3.8) is 0 Å². The van der Waals surface area contributed by atoms with Crippen molar-refractivity contribution >= 4 is 16.6 Å². The van der Waals surface area contributed by atoms with Gasteiger partial charge in [-0.3, -0.25) is 9.88 Å². The van der Waals surface area contributed by atoms with Crippen molar-refractivity contribution in [3.05, 3.63) is 35.5 Å². The number of hydrogen-bond acceptors (Lipinski definition) is 4. The van der Waals surface area contributed by atoms with Gasteiger partial charge in [-0.15, -0.1) is 0 Å². The number of aromatic nitrogens is 1. The van der Waals surface area contributed by atoms with E-state index in [9.17, 15) is 0 Å². The van der Waals surface area contributed by atoms with Gasteiger partial charge in [0.2, 0.25) is 0 Å². The van der Waals surface area contributed by atoms with E-state index in [0.717, 1.165) is 51.3 Å². The second kappa shape index (κ2) is 5.62. The summed E-state index contributed by atoms with van der Waals surface area (Å²) < 4.78 is 5.41. The number of pyridine rings is 1. The third-order valence-corrected chi connectivity index (χ3v) is 4.45. The maximum absolute atomic E-state index is 5.41. The number of hydrogen-bond donors (Lipinski definition) is 1. The van der Waals surface area contributed by atoms with Crippen LogP contribution in [0.4, 0.5) is 5.69 Å². The second-order valence-corrected chi connectivity index (χ2v) is 5.93. The number of nitrogens with one attached hydrogen (secondary N) is 1. The fourth-order valence-electron chi connectivity index (χ4n) is 3.29. The Balaban J connectivity index is 1.63. The third-order valence-electron chi connectivity index (χ3n) is 4.45. The molecule has 1 N–H and O–H groups in total. The van der Waals surface area contributed by atoms with Crippen LogP contribution in [0.2, 0.25) is 0 Å². The quantitative estimate of drug-likeness (QED) is 0.918. The van der Waals surface area contributed by atoms with Crippen LogP contribution in [0, 0.1) is 0 Å². The van der Waals surface area contributed by atoms with Gasteiger partial charge in [-0.05, 0) is 30.0 Å². The van der Waals surface area contributed by atoms with Crippen LogP contribution in [-0.2, 0) is 17.7 Å². The molecule has 1 saturated heterocycles. The molecule has 0 amide bonds. The van der Waals surface area contributed by atoms with Crippen molar-refractivity contribution < 1.29 is 4.74 Å². The molecule has 1 aromatic carbocycles. The lowest BCUT2D eigenvalue weighted by molar-refractivity contribution is 0.0342. The van der Waals surface area contributed by atoms with Gasteiger partial charge in [-0.25, -0.2) is 0 Å². The predicted molar refractivity (Wildman–Crippen MR) is 84.6 cm³/mol. The molecule has 0 aliphatic carbocycles. The molecule has 0 radical (unpaired) electrons. The summed E-state index contributed by atoms with van der Waals surface area (Å²) in [4.78, 5) is 7.11. The Morgan fingerprint density at radius 2 is 2.14 bits per heavy atom. The van der Waals surface area contributed by atoms with Crippen LogP contribution in [0.5, 0.6) is 0 Å². The number of aryl methyl sites for hydroxylation is 1. The Hall–Kier alpha value is -1.65. The van der Waals surface area contributed by atoms with Crippen molar-refractivity contribution in [3.8, 4) is 0 Å². The highest BCUT2D eigenvalue weighted by atomic mass is 16.5. The minimum Gasteiger partial charge on any atom is -0.384 e. The molecule has 1 fully saturated rings. The molecule has 2 aliphatic heterocycles. The minimum atomic E-state index is 0.850. The van der Waals surface area contributed by atoms with E-state index in [2.05, 4.69) is 33.4 Å². The summed E-state index contributed by atoms with van der Waals surface area (Å²) in [5.41, 5.74) is 5.10. The molecule has 1 aromatic heterocycles. The minimum absolute atomic E-state index is 0.850. The van der Waals surface area contributed by atoms with E-state index in [1.54, 1.807) is 0 Å². The van der Waals surface area contributed by atoms with Crippen LogP contribution in [-0.4, -0.2) is 42.7 Å². The first-order chi connectivity index (χ1) is 10.4. The average Bonchev–Trinajstić information content (AvgIpc) is 2.55. The SMILES string of the molecule is c1cc2c3c(cnc2cc1CN1CCOCC1)CCCN3. The van der Waals surface area contributed by atoms with Crippen molar-refractivity contribution in [2.24, 2.45) is 0 Å². The van der Waals surface area contributed by atoms with Crippen molar-refractivity contribution in [2.45, 2.75) is 19.4 Å². The summed E-state index contributed by atoms with van der Waals surface area (Å²) in [7, 11) is 0. The van der Waals surface area contributed by atoms with Crippen molar-refractivity contribution in [1.82, 2.24) is 9.88 Å². The summed E-state index contributed by atoms with van der Waals surface area (Å²) in [5, 5.41) is 4.80. The summed E-state index contributed by atoms with van der Waals surface area (Å²) in [6.07, 6.45) is 4.39. The molecule has 110 valence electrons. The van der Waals surface area contributed by atoms with Gasteiger partial charge in [0.15, 0.2) is 0 Å². The maximum atomic E-state index is 5.41. The van der Waals surface area contributed by atoms with Crippen LogP contribution in [0.3, 0.4) is 0 Å². The lowest BCUT2D eigenvalue weighted by Crippen LogP contribution is -2.35. The van der Waals surface area contributed by atoms with E-state index in [-0.39, 0.29) is 0 Å². The van der Waals surface area contributed by atoms with E-state index < -0.39 is 0 Å². The Labute approximate surface area is 125 Å². The molecule has 3 heterocycles. The molecule has 2 aliphatic rings. The number of nitrogens with zero attached hydrogens (tertiary/aromatic N) is 2. The summed E-state index contributed by atoms with van der Waals surface area (Å²) in [5.74, 6) is 0. The normalized spacial score (nSPS) is 19.2. The largest absolute Gasteiger partial charge is 0.384 e. The average molecular weight is 283 g/mol. The van der Waals surface area contributed by atoms with Gasteiger partial charge >= 0.3 is 0 Å². The molecule has 4 heteroatoms. The first kappa shape index (κ1) is 13.0. The second-order valence-electron chi connectivity index (χ2n) is 5.93. The maximum Gasteiger partial charge on any atom is 0.0726 e. The lowest BCUT2D eigenvalue weighted by atomic mass is 10.0. The zero-order chi connectivity index (χ0) is 14.1. The molecule has 21 heavy (non-hydrogen) atoms. The Bertz CT molecular complexity index is 650. The molecule has 4 rings (SSSR count). The standard InChI is InChI=1S/C17H21N3O/c1-2-14-11-19-16-10-13(12-20-6-8-21-9-7-20)3-4-15(16)17(14)18-5-1/h3-4,10-11,18H,1-2,5-9,12H2. The van der Waals surface area contributed by atoms with Gasteiger partial charge in [0.1, 0.15) is 0 Å². The Kier molecular flexibility index (Phi) is 3.49. The first-order valence-electron chi connectivity index (χ1n) is 7.85. The summed E-state index contributed by atoms with van der Waals surface area (Å²) in [6, 6.07) is 6.71. The molecule has 0 bridgehead atoms. The van der Waals surface area contributed by atoms with E-state index in [1.165, 1.54) is 28.6 Å². The topological polar surface area (TPSA) is 37.4 Å². The summed E-state index contributed by atoms with van der Waals surface area (Å²) >= 11 is 0. The fraction of sp³-hybridized carbons (Fsp3) is 0.471. The molecular weight excluding hydrogens is 262 g/mol. The van der Waals surface area contributed by atoms with Crippen LogP contribution >= 0.6 is 0 Å². The van der Waals surface area contributed by atoms with Crippen molar-refractivity contribution in [1.29, 1.82) is 0 Å². The summed E-state index contributed by atoms with van der Waals surface area (Å²) in [6.45, 7) is 5.81. The van der Waals surface area contributed by atoms with Gasteiger partial charge in [0.25, 0.3) is 0 Å². The van der Waals surface area contributed by atoms with Gasteiger partial charge in [-0.2, -0.15) is 0 Å². The lowest BCUT2D eigenvalue weighted by Gasteiger charge is -2.26. The van der Waals surface area contributed by atoms with Crippen LogP contribution < -0.4 is 5.32 Å². The molecule has 0 unspecified atom stereocenters. The van der Waals surface area contributed by atoms with Crippen LogP contribution in [0.15, 0.2) is 24.4 Å². The molecule has 0 saturated carbocycles. The number of anilines is 1. The molecule has 0 spiro atoms. The number of rotatable bonds is 2. The third kappa shape index (κ3) is 2.61.